The molecule has 1 aliphatic rings. The van der Waals surface area contributed by atoms with E-state index in [1.54, 1.807) is 23.4 Å². The van der Waals surface area contributed by atoms with E-state index in [4.69, 9.17) is 6.42 Å². The zero-order valence-corrected chi connectivity index (χ0v) is 8.37. The van der Waals surface area contributed by atoms with Gasteiger partial charge in [0, 0.05) is 24.5 Å². The molecular formula is C11H13N3O. The fourth-order valence-corrected chi connectivity index (χ4v) is 1.91. The molecule has 4 nitrogen and oxygen atoms in total. The predicted molar refractivity (Wildman–Crippen MR) is 57.0 cm³/mol. The molecule has 0 radical (unpaired) electrons. The molecule has 1 N–H and O–H groups in total. The van der Waals surface area contributed by atoms with Crippen LogP contribution in [-0.4, -0.2) is 27.2 Å². The molecule has 2 atom stereocenters. The lowest BCUT2D eigenvalue weighted by Gasteiger charge is -2.21. The molecule has 1 aliphatic carbocycles. The van der Waals surface area contributed by atoms with Gasteiger partial charge in [0.15, 0.2) is 0 Å². The van der Waals surface area contributed by atoms with E-state index in [-0.39, 0.29) is 12.1 Å². The number of anilines is 1. The van der Waals surface area contributed by atoms with Crippen LogP contribution < -0.4 is 4.90 Å². The molecule has 2 unspecified atom stereocenters. The smallest absolute Gasteiger partial charge is 0.237 e. The minimum absolute atomic E-state index is 0.160. The first-order valence-electron chi connectivity index (χ1n) is 5.02. The monoisotopic (exact) mass is 203 g/mol. The topological polar surface area (TPSA) is 49.2 Å². The summed E-state index contributed by atoms with van der Waals surface area (Å²) in [6.45, 7) is 0. The van der Waals surface area contributed by atoms with Crippen molar-refractivity contribution in [1.82, 2.24) is 9.97 Å². The van der Waals surface area contributed by atoms with Crippen LogP contribution in [0.25, 0.3) is 0 Å². The second kappa shape index (κ2) is 4.28. The fourth-order valence-electron chi connectivity index (χ4n) is 1.91. The lowest BCUT2D eigenvalue weighted by Crippen LogP contribution is -2.30. The summed E-state index contributed by atoms with van der Waals surface area (Å²) in [6.07, 6.45) is 10.9. The molecule has 0 saturated heterocycles. The van der Waals surface area contributed by atoms with Gasteiger partial charge in [0.05, 0.1) is 6.10 Å². The Morgan fingerprint density at radius 3 is 2.67 bits per heavy atom. The summed E-state index contributed by atoms with van der Waals surface area (Å²) < 4.78 is 0. The third-order valence-corrected chi connectivity index (χ3v) is 2.65. The fraction of sp³-hybridized carbons (Fsp3) is 0.455. The Morgan fingerprint density at radius 1 is 1.40 bits per heavy atom. The van der Waals surface area contributed by atoms with E-state index in [0.717, 1.165) is 12.8 Å². The Kier molecular flexibility index (Phi) is 2.84. The van der Waals surface area contributed by atoms with Gasteiger partial charge in [-0.3, -0.25) is 4.90 Å². The Balaban J connectivity index is 2.15. The van der Waals surface area contributed by atoms with Crippen LogP contribution in [0.4, 0.5) is 5.95 Å². The number of aliphatic hydroxyl groups excluding tert-OH is 1. The SMILES string of the molecule is C#CN(c1ncccn1)C1CCC(O)C1. The summed E-state index contributed by atoms with van der Waals surface area (Å²) in [7, 11) is 0. The molecular weight excluding hydrogens is 190 g/mol. The molecule has 1 saturated carbocycles. The van der Waals surface area contributed by atoms with Gasteiger partial charge < -0.3 is 5.11 Å². The van der Waals surface area contributed by atoms with Crippen LogP contribution in [0.2, 0.25) is 0 Å². The zero-order chi connectivity index (χ0) is 10.7. The molecule has 1 heterocycles. The standard InChI is InChI=1S/C11H13N3O/c1-2-14(9-4-5-10(15)8-9)11-12-6-3-7-13-11/h1,3,6-7,9-10,15H,4-5,8H2. The first-order valence-corrected chi connectivity index (χ1v) is 5.02. The average molecular weight is 203 g/mol. The van der Waals surface area contributed by atoms with Gasteiger partial charge in [-0.1, -0.05) is 6.42 Å². The summed E-state index contributed by atoms with van der Waals surface area (Å²) in [5.41, 5.74) is 0. The van der Waals surface area contributed by atoms with Gasteiger partial charge in [-0.2, -0.15) is 0 Å². The van der Waals surface area contributed by atoms with Crippen molar-refractivity contribution in [3.63, 3.8) is 0 Å². The van der Waals surface area contributed by atoms with Crippen LogP contribution >= 0.6 is 0 Å². The molecule has 1 aromatic heterocycles. The second-order valence-corrected chi connectivity index (χ2v) is 3.67. The molecule has 0 amide bonds. The van der Waals surface area contributed by atoms with Gasteiger partial charge in [0.1, 0.15) is 0 Å². The molecule has 0 aliphatic heterocycles. The van der Waals surface area contributed by atoms with Gasteiger partial charge in [0.25, 0.3) is 0 Å². The number of hydrogen-bond acceptors (Lipinski definition) is 4. The van der Waals surface area contributed by atoms with E-state index < -0.39 is 0 Å². The lowest BCUT2D eigenvalue weighted by molar-refractivity contribution is 0.181. The molecule has 2 rings (SSSR count). The summed E-state index contributed by atoms with van der Waals surface area (Å²) in [5.74, 6) is 0.541. The van der Waals surface area contributed by atoms with Crippen molar-refractivity contribution in [2.75, 3.05) is 4.90 Å². The highest BCUT2D eigenvalue weighted by molar-refractivity contribution is 5.39. The van der Waals surface area contributed by atoms with Crippen LogP contribution in [0.5, 0.6) is 0 Å². The normalized spacial score (nSPS) is 24.8. The highest BCUT2D eigenvalue weighted by Crippen LogP contribution is 2.25. The largest absolute Gasteiger partial charge is 0.393 e. The van der Waals surface area contributed by atoms with Gasteiger partial charge in [-0.25, -0.2) is 9.97 Å². The maximum Gasteiger partial charge on any atom is 0.237 e. The van der Waals surface area contributed by atoms with Crippen LogP contribution in [0.3, 0.4) is 0 Å². The highest BCUT2D eigenvalue weighted by atomic mass is 16.3. The maximum absolute atomic E-state index is 9.45. The van der Waals surface area contributed by atoms with Crippen molar-refractivity contribution >= 4 is 5.95 Å². The molecule has 1 fully saturated rings. The van der Waals surface area contributed by atoms with E-state index in [1.165, 1.54) is 0 Å². The molecule has 0 bridgehead atoms. The molecule has 0 spiro atoms. The Labute approximate surface area is 89.0 Å². The van der Waals surface area contributed by atoms with Crippen LogP contribution in [-0.2, 0) is 0 Å². The lowest BCUT2D eigenvalue weighted by atomic mass is 10.2. The first-order chi connectivity index (χ1) is 7.31. The zero-order valence-electron chi connectivity index (χ0n) is 8.37. The average Bonchev–Trinajstić information content (AvgIpc) is 2.68. The van der Waals surface area contributed by atoms with E-state index in [2.05, 4.69) is 16.0 Å². The summed E-state index contributed by atoms with van der Waals surface area (Å²) in [5, 5.41) is 9.45. The maximum atomic E-state index is 9.45. The molecule has 78 valence electrons. The molecule has 1 aromatic rings. The summed E-state index contributed by atoms with van der Waals surface area (Å²) >= 11 is 0. The van der Waals surface area contributed by atoms with Crippen molar-refractivity contribution in [1.29, 1.82) is 0 Å². The van der Waals surface area contributed by atoms with Gasteiger partial charge >= 0.3 is 0 Å². The number of nitrogens with zero attached hydrogens (tertiary/aromatic N) is 3. The van der Waals surface area contributed by atoms with Gasteiger partial charge in [-0.15, -0.1) is 0 Å². The van der Waals surface area contributed by atoms with E-state index in [0.29, 0.717) is 12.4 Å². The highest BCUT2D eigenvalue weighted by Gasteiger charge is 2.28. The van der Waals surface area contributed by atoms with Crippen LogP contribution in [0.15, 0.2) is 18.5 Å². The third-order valence-electron chi connectivity index (χ3n) is 2.65. The number of rotatable bonds is 2. The summed E-state index contributed by atoms with van der Waals surface area (Å²) in [4.78, 5) is 9.93. The number of hydrogen-bond donors (Lipinski definition) is 1. The second-order valence-electron chi connectivity index (χ2n) is 3.67. The predicted octanol–water partition coefficient (Wildman–Crippen LogP) is 0.787. The minimum atomic E-state index is -0.241. The summed E-state index contributed by atoms with van der Waals surface area (Å²) in [6, 6.07) is 4.49. The third kappa shape index (κ3) is 2.08. The quantitative estimate of drug-likeness (QED) is 0.570. The number of aliphatic hydroxyl groups is 1. The Morgan fingerprint density at radius 2 is 2.13 bits per heavy atom. The molecule has 4 heteroatoms. The van der Waals surface area contributed by atoms with Gasteiger partial charge in [0.2, 0.25) is 5.95 Å². The molecule has 0 aromatic carbocycles. The van der Waals surface area contributed by atoms with E-state index in [1.807, 2.05) is 0 Å². The van der Waals surface area contributed by atoms with Crippen molar-refractivity contribution in [3.05, 3.63) is 18.5 Å². The minimum Gasteiger partial charge on any atom is -0.393 e. The Hall–Kier alpha value is -1.60. The van der Waals surface area contributed by atoms with E-state index >= 15 is 0 Å². The van der Waals surface area contributed by atoms with Crippen molar-refractivity contribution in [2.24, 2.45) is 0 Å². The van der Waals surface area contributed by atoms with Crippen molar-refractivity contribution in [2.45, 2.75) is 31.4 Å². The number of aromatic nitrogens is 2. The van der Waals surface area contributed by atoms with Crippen LogP contribution in [0.1, 0.15) is 19.3 Å². The van der Waals surface area contributed by atoms with Crippen LogP contribution in [0, 0.1) is 12.5 Å². The van der Waals surface area contributed by atoms with E-state index in [9.17, 15) is 5.11 Å². The first kappa shape index (κ1) is 9.94. The molecule has 15 heavy (non-hydrogen) atoms. The van der Waals surface area contributed by atoms with Crippen molar-refractivity contribution < 1.29 is 5.11 Å². The Bertz CT molecular complexity index is 360. The van der Waals surface area contributed by atoms with Crippen molar-refractivity contribution in [3.8, 4) is 12.5 Å². The van der Waals surface area contributed by atoms with Gasteiger partial charge in [-0.05, 0) is 25.3 Å². The number of terminal acetylenes is 1.